The minimum atomic E-state index is -1.04. The lowest BCUT2D eigenvalue weighted by atomic mass is 10.0. The van der Waals surface area contributed by atoms with Crippen molar-refractivity contribution >= 4 is 17.6 Å². The Labute approximate surface area is 117 Å². The lowest BCUT2D eigenvalue weighted by molar-refractivity contribution is -0.139. The van der Waals surface area contributed by atoms with Crippen molar-refractivity contribution in [2.75, 3.05) is 19.0 Å². The molecule has 0 saturated heterocycles. The molecule has 6 nitrogen and oxygen atoms in total. The molecule has 20 heavy (non-hydrogen) atoms. The number of carbonyl (C=O) groups is 2. The first-order valence-corrected chi connectivity index (χ1v) is 6.22. The minimum Gasteiger partial charge on any atom is -0.482 e. The van der Waals surface area contributed by atoms with Crippen LogP contribution >= 0.6 is 0 Å². The summed E-state index contributed by atoms with van der Waals surface area (Å²) in [5, 5.41) is 11.2. The van der Waals surface area contributed by atoms with Gasteiger partial charge in [-0.1, -0.05) is 6.92 Å². The molecule has 1 aromatic carbocycles. The molecule has 0 bridgehead atoms. The van der Waals surface area contributed by atoms with E-state index in [1.54, 1.807) is 31.2 Å². The molecule has 0 aliphatic rings. The maximum Gasteiger partial charge on any atom is 0.341 e. The number of methoxy groups -OCH3 is 1. The SMILES string of the molecule is CC[C@](C)(OC)C(=O)Nc1ccc(OCC(=O)O)cc1. The summed E-state index contributed by atoms with van der Waals surface area (Å²) in [7, 11) is 1.49. The number of hydrogen-bond acceptors (Lipinski definition) is 4. The number of carboxylic acid groups (broad SMARTS) is 1. The Bertz CT molecular complexity index is 465. The van der Waals surface area contributed by atoms with Gasteiger partial charge >= 0.3 is 5.97 Å². The summed E-state index contributed by atoms with van der Waals surface area (Å²) < 4.78 is 10.2. The van der Waals surface area contributed by atoms with E-state index < -0.39 is 18.2 Å². The van der Waals surface area contributed by atoms with Gasteiger partial charge in [0.05, 0.1) is 0 Å². The highest BCUT2D eigenvalue weighted by molar-refractivity contribution is 5.97. The molecule has 1 rings (SSSR count). The van der Waals surface area contributed by atoms with Gasteiger partial charge in [0, 0.05) is 12.8 Å². The predicted octanol–water partition coefficient (Wildman–Crippen LogP) is 1.90. The molecule has 1 amide bonds. The van der Waals surface area contributed by atoms with E-state index in [2.05, 4.69) is 5.32 Å². The van der Waals surface area contributed by atoms with Crippen LogP contribution in [0.5, 0.6) is 5.75 Å². The Morgan fingerprint density at radius 1 is 1.30 bits per heavy atom. The molecule has 2 N–H and O–H groups in total. The Kier molecular flexibility index (Phi) is 5.52. The van der Waals surface area contributed by atoms with Crippen LogP contribution in [0.1, 0.15) is 20.3 Å². The van der Waals surface area contributed by atoms with E-state index >= 15 is 0 Å². The smallest absolute Gasteiger partial charge is 0.341 e. The van der Waals surface area contributed by atoms with Gasteiger partial charge in [-0.15, -0.1) is 0 Å². The van der Waals surface area contributed by atoms with Crippen LogP contribution in [-0.4, -0.2) is 36.3 Å². The average molecular weight is 281 g/mol. The van der Waals surface area contributed by atoms with Crippen LogP contribution in [0.4, 0.5) is 5.69 Å². The second kappa shape index (κ2) is 6.91. The van der Waals surface area contributed by atoms with Crippen LogP contribution < -0.4 is 10.1 Å². The van der Waals surface area contributed by atoms with E-state index in [-0.39, 0.29) is 5.91 Å². The second-order valence-corrected chi connectivity index (χ2v) is 4.45. The van der Waals surface area contributed by atoms with Gasteiger partial charge in [0.2, 0.25) is 0 Å². The first-order valence-electron chi connectivity index (χ1n) is 6.22. The fraction of sp³-hybridized carbons (Fsp3) is 0.429. The summed E-state index contributed by atoms with van der Waals surface area (Å²) in [6, 6.07) is 6.46. The molecule has 0 aromatic heterocycles. The summed E-state index contributed by atoms with van der Waals surface area (Å²) in [5.74, 6) is -0.849. The van der Waals surface area contributed by atoms with Crippen LogP contribution in [0.3, 0.4) is 0 Å². The summed E-state index contributed by atoms with van der Waals surface area (Å²) >= 11 is 0. The molecule has 0 unspecified atom stereocenters. The maximum atomic E-state index is 12.1. The van der Waals surface area contributed by atoms with E-state index in [4.69, 9.17) is 14.6 Å². The van der Waals surface area contributed by atoms with Gasteiger partial charge in [-0.05, 0) is 37.6 Å². The zero-order valence-corrected chi connectivity index (χ0v) is 11.8. The van der Waals surface area contributed by atoms with Gasteiger partial charge in [0.1, 0.15) is 11.4 Å². The highest BCUT2D eigenvalue weighted by Crippen LogP contribution is 2.20. The summed E-state index contributed by atoms with van der Waals surface area (Å²) in [6.07, 6.45) is 0.551. The fourth-order valence-electron chi connectivity index (χ4n) is 1.44. The molecule has 0 spiro atoms. The largest absolute Gasteiger partial charge is 0.482 e. The number of benzene rings is 1. The predicted molar refractivity (Wildman–Crippen MR) is 73.9 cm³/mol. The van der Waals surface area contributed by atoms with Crippen molar-refractivity contribution in [3.05, 3.63) is 24.3 Å². The monoisotopic (exact) mass is 281 g/mol. The molecule has 0 aliphatic heterocycles. The molecule has 1 aromatic rings. The third kappa shape index (κ3) is 4.24. The number of nitrogens with one attached hydrogen (secondary N) is 1. The zero-order chi connectivity index (χ0) is 15.2. The number of rotatable bonds is 7. The van der Waals surface area contributed by atoms with Gasteiger partial charge in [-0.3, -0.25) is 4.79 Å². The van der Waals surface area contributed by atoms with E-state index in [0.29, 0.717) is 17.9 Å². The normalized spacial score (nSPS) is 13.3. The molecule has 0 saturated carbocycles. The van der Waals surface area contributed by atoms with Crippen molar-refractivity contribution in [3.8, 4) is 5.75 Å². The van der Waals surface area contributed by atoms with E-state index in [1.807, 2.05) is 6.92 Å². The van der Waals surface area contributed by atoms with Gasteiger partial charge in [0.15, 0.2) is 6.61 Å². The number of aliphatic carboxylic acids is 1. The first-order chi connectivity index (χ1) is 9.41. The number of carboxylic acids is 1. The van der Waals surface area contributed by atoms with E-state index in [0.717, 1.165) is 0 Å². The molecule has 0 fully saturated rings. The number of hydrogen-bond donors (Lipinski definition) is 2. The van der Waals surface area contributed by atoms with Gasteiger partial charge in [-0.2, -0.15) is 0 Å². The minimum absolute atomic E-state index is 0.235. The fourth-order valence-corrected chi connectivity index (χ4v) is 1.44. The van der Waals surface area contributed by atoms with Crippen LogP contribution in [0, 0.1) is 0 Å². The van der Waals surface area contributed by atoms with Crippen molar-refractivity contribution < 1.29 is 24.2 Å². The zero-order valence-electron chi connectivity index (χ0n) is 11.8. The molecular weight excluding hydrogens is 262 g/mol. The lowest BCUT2D eigenvalue weighted by Gasteiger charge is -2.25. The van der Waals surface area contributed by atoms with Crippen molar-refractivity contribution in [1.29, 1.82) is 0 Å². The quantitative estimate of drug-likeness (QED) is 0.797. The molecule has 0 radical (unpaired) electrons. The van der Waals surface area contributed by atoms with Crippen LogP contribution in [0.25, 0.3) is 0 Å². The van der Waals surface area contributed by atoms with Crippen molar-refractivity contribution in [1.82, 2.24) is 0 Å². The van der Waals surface area contributed by atoms with E-state index in [9.17, 15) is 9.59 Å². The van der Waals surface area contributed by atoms with Crippen LogP contribution in [0.15, 0.2) is 24.3 Å². The molecular formula is C14H19NO5. The molecule has 0 aliphatic carbocycles. The molecule has 6 heteroatoms. The molecule has 0 heterocycles. The van der Waals surface area contributed by atoms with Gasteiger partial charge < -0.3 is 19.9 Å². The van der Waals surface area contributed by atoms with Gasteiger partial charge in [0.25, 0.3) is 5.91 Å². The topological polar surface area (TPSA) is 84.9 Å². The highest BCUT2D eigenvalue weighted by atomic mass is 16.5. The number of anilines is 1. The van der Waals surface area contributed by atoms with Crippen molar-refractivity contribution in [3.63, 3.8) is 0 Å². The Balaban J connectivity index is 2.65. The van der Waals surface area contributed by atoms with E-state index in [1.165, 1.54) is 7.11 Å². The van der Waals surface area contributed by atoms with Crippen molar-refractivity contribution in [2.24, 2.45) is 0 Å². The number of ether oxygens (including phenoxy) is 2. The molecule has 1 atom stereocenters. The average Bonchev–Trinajstić information content (AvgIpc) is 2.45. The summed E-state index contributed by atoms with van der Waals surface area (Å²) in [6.45, 7) is 3.18. The Morgan fingerprint density at radius 3 is 2.35 bits per heavy atom. The maximum absolute atomic E-state index is 12.1. The van der Waals surface area contributed by atoms with Gasteiger partial charge in [-0.25, -0.2) is 4.79 Å². The standard InChI is InChI=1S/C14H19NO5/c1-4-14(2,19-3)13(18)15-10-5-7-11(8-6-10)20-9-12(16)17/h5-8H,4,9H2,1-3H3,(H,15,18)(H,16,17)/t14-/m0/s1. The number of carbonyl (C=O) groups excluding carboxylic acids is 1. The summed E-state index contributed by atoms with van der Waals surface area (Å²) in [4.78, 5) is 22.4. The van der Waals surface area contributed by atoms with Crippen LogP contribution in [0.2, 0.25) is 0 Å². The third-order valence-electron chi connectivity index (χ3n) is 3.08. The Hall–Kier alpha value is -2.08. The second-order valence-electron chi connectivity index (χ2n) is 4.45. The Morgan fingerprint density at radius 2 is 1.90 bits per heavy atom. The molecule has 110 valence electrons. The number of amides is 1. The lowest BCUT2D eigenvalue weighted by Crippen LogP contribution is -2.41. The van der Waals surface area contributed by atoms with Crippen molar-refractivity contribution in [2.45, 2.75) is 25.9 Å². The van der Waals surface area contributed by atoms with Crippen LogP contribution in [-0.2, 0) is 14.3 Å². The first kappa shape index (κ1) is 16.0. The summed E-state index contributed by atoms with van der Waals surface area (Å²) in [5.41, 5.74) is -0.284. The third-order valence-corrected chi connectivity index (χ3v) is 3.08. The highest BCUT2D eigenvalue weighted by Gasteiger charge is 2.30.